The summed E-state index contributed by atoms with van der Waals surface area (Å²) in [5.74, 6) is -4.10. The molecule has 0 aliphatic carbocycles. The molecular weight excluding hydrogens is 568 g/mol. The summed E-state index contributed by atoms with van der Waals surface area (Å²) in [6, 6.07) is 5.77. The van der Waals surface area contributed by atoms with Crippen LogP contribution in [0.3, 0.4) is 0 Å². The average Bonchev–Trinajstić information content (AvgIpc) is 2.75. The number of amides is 2. The van der Waals surface area contributed by atoms with Crippen molar-refractivity contribution in [3.8, 4) is 0 Å². The highest BCUT2D eigenvalue weighted by Gasteiger charge is 2.34. The van der Waals surface area contributed by atoms with Crippen molar-refractivity contribution in [3.05, 3.63) is 56.9 Å². The van der Waals surface area contributed by atoms with Crippen molar-refractivity contribution in [2.24, 2.45) is 0 Å². The van der Waals surface area contributed by atoms with Gasteiger partial charge in [-0.1, -0.05) is 0 Å². The third-order valence-electron chi connectivity index (χ3n) is 5.25. The van der Waals surface area contributed by atoms with E-state index >= 15 is 0 Å². The van der Waals surface area contributed by atoms with Crippen LogP contribution in [0.15, 0.2) is 30.3 Å². The Morgan fingerprint density at radius 2 is 1.74 bits per heavy atom. The summed E-state index contributed by atoms with van der Waals surface area (Å²) in [5, 5.41) is 23.3. The first kappa shape index (κ1) is 26.2. The van der Waals surface area contributed by atoms with Gasteiger partial charge in [0, 0.05) is 29.7 Å². The van der Waals surface area contributed by atoms with Crippen molar-refractivity contribution >= 4 is 45.8 Å². The Kier molecular flexibility index (Phi) is 9.10. The second kappa shape index (κ2) is 11.8. The molecule has 8 nitrogen and oxygen atoms in total. The van der Waals surface area contributed by atoms with Gasteiger partial charge in [0.25, 0.3) is 5.91 Å². The molecule has 1 aliphatic heterocycles. The van der Waals surface area contributed by atoms with Gasteiger partial charge >= 0.3 is 0 Å². The molecule has 3 rings (SSSR count). The first-order chi connectivity index (χ1) is 16.2. The average molecular weight is 592 g/mol. The Morgan fingerprint density at radius 1 is 1.06 bits per heavy atom. The minimum Gasteiger partial charge on any atom is -0.395 e. The molecular formula is C22H24F3IN4O4. The highest BCUT2D eigenvalue weighted by Crippen LogP contribution is 2.30. The van der Waals surface area contributed by atoms with Gasteiger partial charge in [-0.3, -0.25) is 14.5 Å². The Bertz CT molecular complexity index is 1050. The smallest absolute Gasteiger partial charge is 0.256 e. The van der Waals surface area contributed by atoms with E-state index in [0.29, 0.717) is 3.57 Å². The van der Waals surface area contributed by atoms with Crippen LogP contribution >= 0.6 is 22.6 Å². The van der Waals surface area contributed by atoms with Crippen LogP contribution in [0.2, 0.25) is 0 Å². The molecule has 12 heteroatoms. The van der Waals surface area contributed by atoms with Crippen molar-refractivity contribution in [3.63, 3.8) is 0 Å². The van der Waals surface area contributed by atoms with Gasteiger partial charge in [0.05, 0.1) is 42.7 Å². The van der Waals surface area contributed by atoms with Crippen molar-refractivity contribution in [2.75, 3.05) is 51.3 Å². The number of hydrogen-bond acceptors (Lipinski definition) is 6. The zero-order valence-corrected chi connectivity index (χ0v) is 20.2. The second-order valence-corrected chi connectivity index (χ2v) is 8.98. The van der Waals surface area contributed by atoms with Crippen LogP contribution in [0.1, 0.15) is 10.4 Å². The largest absolute Gasteiger partial charge is 0.395 e. The first-order valence-corrected chi connectivity index (χ1v) is 11.5. The van der Waals surface area contributed by atoms with E-state index in [1.165, 1.54) is 17.0 Å². The van der Waals surface area contributed by atoms with Crippen LogP contribution in [-0.4, -0.2) is 83.8 Å². The molecule has 0 unspecified atom stereocenters. The summed E-state index contributed by atoms with van der Waals surface area (Å²) in [7, 11) is 0. The van der Waals surface area contributed by atoms with Gasteiger partial charge in [-0.2, -0.15) is 0 Å². The van der Waals surface area contributed by atoms with E-state index in [2.05, 4.69) is 10.6 Å². The molecule has 1 saturated heterocycles. The summed E-state index contributed by atoms with van der Waals surface area (Å²) < 4.78 is 43.3. The van der Waals surface area contributed by atoms with E-state index in [1.54, 1.807) is 11.0 Å². The zero-order chi connectivity index (χ0) is 24.8. The monoisotopic (exact) mass is 592 g/mol. The molecule has 2 amide bonds. The number of aliphatic hydroxyl groups is 2. The summed E-state index contributed by atoms with van der Waals surface area (Å²) in [5.41, 5.74) is -0.747. The number of benzene rings is 2. The van der Waals surface area contributed by atoms with E-state index in [4.69, 9.17) is 10.2 Å². The van der Waals surface area contributed by atoms with E-state index in [1.807, 2.05) is 22.6 Å². The van der Waals surface area contributed by atoms with Gasteiger partial charge in [0.1, 0.15) is 5.82 Å². The Balaban J connectivity index is 1.66. The summed E-state index contributed by atoms with van der Waals surface area (Å²) in [6.45, 7) is 0.435. The van der Waals surface area contributed by atoms with Crippen LogP contribution < -0.4 is 10.6 Å². The van der Waals surface area contributed by atoms with Crippen LogP contribution in [0, 0.1) is 21.0 Å². The quantitative estimate of drug-likeness (QED) is 0.313. The third kappa shape index (κ3) is 6.37. The molecule has 1 heterocycles. The highest BCUT2D eigenvalue weighted by atomic mass is 127. The van der Waals surface area contributed by atoms with Crippen molar-refractivity contribution in [1.29, 1.82) is 0 Å². The standard InChI is InChI=1S/C22H24F3IN4O4/c23-16-3-2-15(21(20(16)25)28-18-4-1-13(26)9-17(18)24)22(34)30-10-14(11-30)27-19(33)12-29(5-7-31)6-8-32/h1-4,9,14,28,31-32H,5-8,10-12H2,(H,27,33). The van der Waals surface area contributed by atoms with Gasteiger partial charge in [0.2, 0.25) is 5.91 Å². The minimum atomic E-state index is -1.30. The molecule has 4 N–H and O–H groups in total. The molecule has 0 saturated carbocycles. The Labute approximate surface area is 207 Å². The molecule has 0 radical (unpaired) electrons. The maximum absolute atomic E-state index is 14.6. The fourth-order valence-electron chi connectivity index (χ4n) is 3.51. The number of rotatable bonds is 10. The lowest BCUT2D eigenvalue weighted by Crippen LogP contribution is -2.62. The predicted molar refractivity (Wildman–Crippen MR) is 127 cm³/mol. The molecule has 184 valence electrons. The first-order valence-electron chi connectivity index (χ1n) is 10.5. The van der Waals surface area contributed by atoms with E-state index in [9.17, 15) is 22.8 Å². The number of likely N-dealkylation sites (tertiary alicyclic amines) is 1. The normalized spacial score (nSPS) is 13.7. The van der Waals surface area contributed by atoms with Crippen molar-refractivity contribution in [1.82, 2.24) is 15.1 Å². The van der Waals surface area contributed by atoms with Crippen molar-refractivity contribution < 1.29 is 33.0 Å². The fourth-order valence-corrected chi connectivity index (χ4v) is 3.96. The number of aliphatic hydroxyl groups excluding tert-OH is 2. The lowest BCUT2D eigenvalue weighted by atomic mass is 10.0. The van der Waals surface area contributed by atoms with Crippen LogP contribution in [0.5, 0.6) is 0 Å². The Morgan fingerprint density at radius 3 is 2.35 bits per heavy atom. The molecule has 0 aromatic heterocycles. The molecule has 2 aromatic rings. The number of nitrogens with zero attached hydrogens (tertiary/aromatic N) is 2. The fraction of sp³-hybridized carbons (Fsp3) is 0.364. The number of anilines is 2. The topological polar surface area (TPSA) is 105 Å². The van der Waals surface area contributed by atoms with Gasteiger partial charge < -0.3 is 25.7 Å². The van der Waals surface area contributed by atoms with Gasteiger partial charge in [-0.25, -0.2) is 13.2 Å². The summed E-state index contributed by atoms with van der Waals surface area (Å²) in [4.78, 5) is 28.1. The lowest BCUT2D eigenvalue weighted by molar-refractivity contribution is -0.124. The number of carbonyl (C=O) groups excluding carboxylic acids is 2. The molecule has 0 spiro atoms. The van der Waals surface area contributed by atoms with Gasteiger partial charge in [-0.05, 0) is 52.9 Å². The van der Waals surface area contributed by atoms with Crippen molar-refractivity contribution in [2.45, 2.75) is 6.04 Å². The number of hydrogen-bond donors (Lipinski definition) is 4. The predicted octanol–water partition coefficient (Wildman–Crippen LogP) is 1.68. The molecule has 34 heavy (non-hydrogen) atoms. The van der Waals surface area contributed by atoms with E-state index in [0.717, 1.165) is 12.1 Å². The maximum atomic E-state index is 14.6. The molecule has 0 atom stereocenters. The lowest BCUT2D eigenvalue weighted by Gasteiger charge is -2.40. The Hall–Kier alpha value is -2.42. The highest BCUT2D eigenvalue weighted by molar-refractivity contribution is 14.1. The van der Waals surface area contributed by atoms with Gasteiger partial charge in [0.15, 0.2) is 11.6 Å². The second-order valence-electron chi connectivity index (χ2n) is 7.73. The zero-order valence-electron chi connectivity index (χ0n) is 18.0. The molecule has 1 aliphatic rings. The van der Waals surface area contributed by atoms with E-state index < -0.39 is 29.0 Å². The van der Waals surface area contributed by atoms with E-state index in [-0.39, 0.29) is 69.1 Å². The minimum absolute atomic E-state index is 0.0234. The maximum Gasteiger partial charge on any atom is 0.256 e. The van der Waals surface area contributed by atoms with Crippen LogP contribution in [-0.2, 0) is 4.79 Å². The van der Waals surface area contributed by atoms with Gasteiger partial charge in [-0.15, -0.1) is 0 Å². The SMILES string of the molecule is O=C(CN(CCO)CCO)NC1CN(C(=O)c2ccc(F)c(F)c2Nc2ccc(I)cc2F)C1. The number of halogens is 4. The molecule has 1 fully saturated rings. The van der Waals surface area contributed by atoms with Crippen LogP contribution in [0.4, 0.5) is 24.5 Å². The summed E-state index contributed by atoms with van der Waals surface area (Å²) >= 11 is 1.91. The number of carbonyl (C=O) groups is 2. The molecule has 2 aromatic carbocycles. The third-order valence-corrected chi connectivity index (χ3v) is 5.92. The molecule has 0 bridgehead atoms. The van der Waals surface area contributed by atoms with Crippen LogP contribution in [0.25, 0.3) is 0 Å². The summed E-state index contributed by atoms with van der Waals surface area (Å²) in [6.07, 6.45) is 0. The number of nitrogens with one attached hydrogen (secondary N) is 2.